The number of piperidine rings is 1. The molecule has 0 radical (unpaired) electrons. The predicted molar refractivity (Wildman–Crippen MR) is 78.9 cm³/mol. The molecule has 1 N–H and O–H groups in total. The van der Waals surface area contributed by atoms with Gasteiger partial charge in [0.15, 0.2) is 5.82 Å². The van der Waals surface area contributed by atoms with Crippen molar-refractivity contribution in [3.05, 3.63) is 11.2 Å². The number of hydrogen-bond acceptors (Lipinski definition) is 4. The van der Waals surface area contributed by atoms with Gasteiger partial charge in [-0.25, -0.2) is 4.98 Å². The summed E-state index contributed by atoms with van der Waals surface area (Å²) in [6.07, 6.45) is 9.68. The molecular weight excluding hydrogens is 260 g/mol. The molecule has 0 spiro atoms. The van der Waals surface area contributed by atoms with E-state index in [1.54, 1.807) is 6.20 Å². The molecule has 0 bridgehead atoms. The summed E-state index contributed by atoms with van der Waals surface area (Å²) in [5.41, 5.74) is 0. The fraction of sp³-hybridized carbons (Fsp3) is 0.714. The first-order valence-corrected chi connectivity index (χ1v) is 7.64. The lowest BCUT2D eigenvalue weighted by molar-refractivity contribution is 0.243. The summed E-state index contributed by atoms with van der Waals surface area (Å²) in [6, 6.07) is 0.625. The van der Waals surface area contributed by atoms with Crippen LogP contribution in [-0.2, 0) is 0 Å². The lowest BCUT2D eigenvalue weighted by atomic mass is 9.78. The average Bonchev–Trinajstić information content (AvgIpc) is 2.47. The first kappa shape index (κ1) is 13.0. The van der Waals surface area contributed by atoms with E-state index >= 15 is 0 Å². The highest BCUT2D eigenvalue weighted by molar-refractivity contribution is 6.32. The van der Waals surface area contributed by atoms with Crippen LogP contribution in [0.5, 0.6) is 0 Å². The maximum atomic E-state index is 6.32. The van der Waals surface area contributed by atoms with Gasteiger partial charge < -0.3 is 10.2 Å². The molecule has 3 rings (SSSR count). The van der Waals surface area contributed by atoms with E-state index in [0.29, 0.717) is 17.0 Å². The van der Waals surface area contributed by atoms with Gasteiger partial charge in [0.2, 0.25) is 5.95 Å². The van der Waals surface area contributed by atoms with E-state index in [1.165, 1.54) is 38.5 Å². The second kappa shape index (κ2) is 5.53. The highest BCUT2D eigenvalue weighted by Gasteiger charge is 2.34. The summed E-state index contributed by atoms with van der Waals surface area (Å²) in [6.45, 7) is 1.07. The third-order valence-electron chi connectivity index (χ3n) is 4.46. The van der Waals surface area contributed by atoms with Crippen LogP contribution in [0, 0.1) is 5.92 Å². The minimum atomic E-state index is 0.625. The first-order chi connectivity index (χ1) is 9.29. The largest absolute Gasteiger partial charge is 0.357 e. The molecule has 5 heteroatoms. The molecule has 4 nitrogen and oxygen atoms in total. The smallest absolute Gasteiger partial charge is 0.224 e. The number of nitrogens with one attached hydrogen (secondary N) is 1. The second-order valence-corrected chi connectivity index (χ2v) is 5.97. The normalized spacial score (nSPS) is 26.9. The van der Waals surface area contributed by atoms with Gasteiger partial charge >= 0.3 is 0 Å². The van der Waals surface area contributed by atoms with E-state index < -0.39 is 0 Å². The second-order valence-electron chi connectivity index (χ2n) is 5.56. The number of anilines is 2. The molecule has 0 unspecified atom stereocenters. The standard InChI is InChI=1S/C14H21ClN4/c1-16-14-17-9-11(15)13(18-14)19-8-4-6-10-5-2-3-7-12(10)19/h9-10,12H,2-8H2,1H3,(H,16,17,18)/t10-,12-/m1/s1. The van der Waals surface area contributed by atoms with Gasteiger partial charge in [-0.2, -0.15) is 4.98 Å². The monoisotopic (exact) mass is 280 g/mol. The molecule has 2 atom stereocenters. The first-order valence-electron chi connectivity index (χ1n) is 7.26. The van der Waals surface area contributed by atoms with Crippen molar-refractivity contribution in [3.8, 4) is 0 Å². The molecule has 0 aromatic carbocycles. The Morgan fingerprint density at radius 2 is 2.05 bits per heavy atom. The van der Waals surface area contributed by atoms with Gasteiger partial charge in [-0.15, -0.1) is 0 Å². The van der Waals surface area contributed by atoms with Gasteiger partial charge in [0, 0.05) is 19.6 Å². The Kier molecular flexibility index (Phi) is 3.78. The van der Waals surface area contributed by atoms with E-state index in [0.717, 1.165) is 18.3 Å². The van der Waals surface area contributed by atoms with Crippen LogP contribution in [0.15, 0.2) is 6.20 Å². The Balaban J connectivity index is 1.91. The Bertz CT molecular complexity index is 449. The molecule has 19 heavy (non-hydrogen) atoms. The third-order valence-corrected chi connectivity index (χ3v) is 4.73. The van der Waals surface area contributed by atoms with Crippen LogP contribution in [0.3, 0.4) is 0 Å². The van der Waals surface area contributed by atoms with Crippen molar-refractivity contribution in [1.29, 1.82) is 0 Å². The zero-order valence-corrected chi connectivity index (χ0v) is 12.2. The lowest BCUT2D eigenvalue weighted by Crippen LogP contribution is -2.47. The van der Waals surface area contributed by atoms with Crippen molar-refractivity contribution < 1.29 is 0 Å². The Morgan fingerprint density at radius 1 is 1.26 bits per heavy atom. The summed E-state index contributed by atoms with van der Waals surface area (Å²) in [4.78, 5) is 11.2. The molecule has 2 heterocycles. The van der Waals surface area contributed by atoms with Gasteiger partial charge in [-0.3, -0.25) is 0 Å². The Morgan fingerprint density at radius 3 is 2.89 bits per heavy atom. The maximum Gasteiger partial charge on any atom is 0.224 e. The maximum absolute atomic E-state index is 6.32. The van der Waals surface area contributed by atoms with E-state index in [1.807, 2.05) is 7.05 Å². The van der Waals surface area contributed by atoms with E-state index in [2.05, 4.69) is 20.2 Å². The molecule has 1 aromatic rings. The minimum Gasteiger partial charge on any atom is -0.357 e. The lowest BCUT2D eigenvalue weighted by Gasteiger charge is -2.45. The number of halogens is 1. The topological polar surface area (TPSA) is 41.1 Å². The highest BCUT2D eigenvalue weighted by atomic mass is 35.5. The van der Waals surface area contributed by atoms with Gasteiger partial charge in [0.25, 0.3) is 0 Å². The van der Waals surface area contributed by atoms with Crippen molar-refractivity contribution in [2.75, 3.05) is 23.8 Å². The zero-order chi connectivity index (χ0) is 13.2. The number of nitrogens with zero attached hydrogens (tertiary/aromatic N) is 3. The van der Waals surface area contributed by atoms with Gasteiger partial charge in [0.1, 0.15) is 5.02 Å². The van der Waals surface area contributed by atoms with Crippen LogP contribution in [0.25, 0.3) is 0 Å². The van der Waals surface area contributed by atoms with E-state index in [9.17, 15) is 0 Å². The average molecular weight is 281 g/mol. The summed E-state index contributed by atoms with van der Waals surface area (Å²) < 4.78 is 0. The summed E-state index contributed by atoms with van der Waals surface area (Å²) in [5.74, 6) is 2.39. The quantitative estimate of drug-likeness (QED) is 0.902. The van der Waals surface area contributed by atoms with Crippen molar-refractivity contribution in [2.45, 2.75) is 44.6 Å². The molecule has 104 valence electrons. The molecule has 1 saturated heterocycles. The van der Waals surface area contributed by atoms with Gasteiger partial charge in [0.05, 0.1) is 6.20 Å². The number of hydrogen-bond donors (Lipinski definition) is 1. The summed E-state index contributed by atoms with van der Waals surface area (Å²) in [7, 11) is 1.84. The fourth-order valence-corrected chi connectivity index (χ4v) is 3.77. The van der Waals surface area contributed by atoms with Crippen LogP contribution < -0.4 is 10.2 Å². The molecular formula is C14H21ClN4. The molecule has 2 aliphatic rings. The predicted octanol–water partition coefficient (Wildman–Crippen LogP) is 3.33. The van der Waals surface area contributed by atoms with E-state index in [-0.39, 0.29) is 0 Å². The van der Waals surface area contributed by atoms with Crippen LogP contribution in [0.2, 0.25) is 5.02 Å². The molecule has 2 fully saturated rings. The molecule has 0 amide bonds. The molecule has 1 aromatic heterocycles. The van der Waals surface area contributed by atoms with Crippen molar-refractivity contribution in [1.82, 2.24) is 9.97 Å². The zero-order valence-electron chi connectivity index (χ0n) is 11.4. The van der Waals surface area contributed by atoms with Crippen molar-refractivity contribution >= 4 is 23.4 Å². The van der Waals surface area contributed by atoms with Crippen LogP contribution in [0.1, 0.15) is 38.5 Å². The van der Waals surface area contributed by atoms with Crippen LogP contribution >= 0.6 is 11.6 Å². The molecule has 1 aliphatic carbocycles. The fourth-order valence-electron chi connectivity index (χ4n) is 3.57. The molecule has 1 aliphatic heterocycles. The highest BCUT2D eigenvalue weighted by Crippen LogP contribution is 2.39. The molecule has 1 saturated carbocycles. The third kappa shape index (κ3) is 2.50. The van der Waals surface area contributed by atoms with Crippen LogP contribution in [0.4, 0.5) is 11.8 Å². The number of fused-ring (bicyclic) bond motifs is 1. The van der Waals surface area contributed by atoms with Gasteiger partial charge in [-0.1, -0.05) is 24.4 Å². The minimum absolute atomic E-state index is 0.625. The Labute approximate surface area is 119 Å². The number of rotatable bonds is 2. The SMILES string of the molecule is CNc1ncc(Cl)c(N2CCC[C@H]3CCCC[C@H]32)n1. The summed E-state index contributed by atoms with van der Waals surface area (Å²) >= 11 is 6.32. The van der Waals surface area contributed by atoms with Gasteiger partial charge in [-0.05, 0) is 31.6 Å². The summed E-state index contributed by atoms with van der Waals surface area (Å²) in [5, 5.41) is 3.67. The van der Waals surface area contributed by atoms with Crippen molar-refractivity contribution in [3.63, 3.8) is 0 Å². The Hall–Kier alpha value is -1.03. The number of aromatic nitrogens is 2. The van der Waals surface area contributed by atoms with Crippen LogP contribution in [-0.4, -0.2) is 29.6 Å². The van der Waals surface area contributed by atoms with Crippen molar-refractivity contribution in [2.24, 2.45) is 5.92 Å². The van der Waals surface area contributed by atoms with E-state index in [4.69, 9.17) is 11.6 Å².